The fourth-order valence-electron chi connectivity index (χ4n) is 1.53. The zero-order valence-electron chi connectivity index (χ0n) is 8.14. The zero-order valence-corrected chi connectivity index (χ0v) is 8.14. The van der Waals surface area contributed by atoms with E-state index in [1.807, 2.05) is 6.20 Å². The van der Waals surface area contributed by atoms with Crippen LogP contribution in [0, 0.1) is 0 Å². The second-order valence-electron chi connectivity index (χ2n) is 3.70. The molecular formula is C10H15N3. The highest BCUT2D eigenvalue weighted by atomic mass is 15.2. The summed E-state index contributed by atoms with van der Waals surface area (Å²) >= 11 is 0. The minimum Gasteiger partial charge on any atom is -0.295 e. The third-order valence-electron chi connectivity index (χ3n) is 2.74. The van der Waals surface area contributed by atoms with Gasteiger partial charge in [0, 0.05) is 24.6 Å². The Balaban J connectivity index is 2.07. The van der Waals surface area contributed by atoms with E-state index in [9.17, 15) is 0 Å². The van der Waals surface area contributed by atoms with Gasteiger partial charge in [-0.25, -0.2) is 0 Å². The number of hydrogen-bond acceptors (Lipinski definition) is 3. The third kappa shape index (κ3) is 1.86. The van der Waals surface area contributed by atoms with Gasteiger partial charge in [0.25, 0.3) is 0 Å². The van der Waals surface area contributed by atoms with Crippen LogP contribution in [0.5, 0.6) is 0 Å². The van der Waals surface area contributed by atoms with Crippen molar-refractivity contribution in [2.75, 3.05) is 7.05 Å². The van der Waals surface area contributed by atoms with Crippen molar-refractivity contribution in [1.82, 2.24) is 14.9 Å². The quantitative estimate of drug-likeness (QED) is 0.702. The minimum absolute atomic E-state index is 0.390. The van der Waals surface area contributed by atoms with Crippen LogP contribution in [0.4, 0.5) is 0 Å². The molecule has 13 heavy (non-hydrogen) atoms. The lowest BCUT2D eigenvalue weighted by Gasteiger charge is -2.23. The molecule has 0 N–H and O–H groups in total. The zero-order chi connectivity index (χ0) is 9.26. The Morgan fingerprint density at radius 3 is 2.77 bits per heavy atom. The van der Waals surface area contributed by atoms with Crippen molar-refractivity contribution in [1.29, 1.82) is 0 Å². The summed E-state index contributed by atoms with van der Waals surface area (Å²) in [4.78, 5) is 10.8. The molecule has 0 radical (unpaired) electrons. The highest BCUT2D eigenvalue weighted by Gasteiger charge is 2.30. The molecule has 0 aromatic carbocycles. The Morgan fingerprint density at radius 1 is 1.46 bits per heavy atom. The summed E-state index contributed by atoms with van der Waals surface area (Å²) in [6, 6.07) is 1.17. The summed E-state index contributed by atoms with van der Waals surface area (Å²) in [7, 11) is 2.16. The summed E-state index contributed by atoms with van der Waals surface area (Å²) in [6.45, 7) is 2.18. The van der Waals surface area contributed by atoms with E-state index in [2.05, 4.69) is 28.8 Å². The molecule has 1 unspecified atom stereocenters. The summed E-state index contributed by atoms with van der Waals surface area (Å²) in [6.07, 6.45) is 7.99. The van der Waals surface area contributed by atoms with Gasteiger partial charge in [-0.05, 0) is 26.8 Å². The van der Waals surface area contributed by atoms with Crippen molar-refractivity contribution in [3.63, 3.8) is 0 Å². The molecule has 70 valence electrons. The topological polar surface area (TPSA) is 29.0 Å². The predicted octanol–water partition coefficient (Wildman–Crippen LogP) is 1.63. The smallest absolute Gasteiger partial charge is 0.0755 e. The first-order chi connectivity index (χ1) is 6.29. The summed E-state index contributed by atoms with van der Waals surface area (Å²) in [5.74, 6) is 0. The second-order valence-corrected chi connectivity index (χ2v) is 3.70. The maximum absolute atomic E-state index is 4.31. The van der Waals surface area contributed by atoms with E-state index in [1.165, 1.54) is 12.8 Å². The Kier molecular flexibility index (Phi) is 2.27. The molecule has 1 fully saturated rings. The molecule has 0 saturated heterocycles. The molecular weight excluding hydrogens is 162 g/mol. The van der Waals surface area contributed by atoms with Crippen molar-refractivity contribution < 1.29 is 0 Å². The SMILES string of the molecule is CC(c1cnccn1)N(C)C1CC1. The highest BCUT2D eigenvalue weighted by Crippen LogP contribution is 2.31. The Labute approximate surface area is 78.8 Å². The van der Waals surface area contributed by atoms with Crippen molar-refractivity contribution >= 4 is 0 Å². The molecule has 1 aliphatic rings. The minimum atomic E-state index is 0.390. The number of nitrogens with zero attached hydrogens (tertiary/aromatic N) is 3. The Hall–Kier alpha value is -0.960. The van der Waals surface area contributed by atoms with Crippen LogP contribution < -0.4 is 0 Å². The maximum Gasteiger partial charge on any atom is 0.0755 e. The molecule has 1 aliphatic carbocycles. The average molecular weight is 177 g/mol. The lowest BCUT2D eigenvalue weighted by atomic mass is 10.2. The molecule has 0 bridgehead atoms. The van der Waals surface area contributed by atoms with E-state index in [-0.39, 0.29) is 0 Å². The first-order valence-corrected chi connectivity index (χ1v) is 4.77. The predicted molar refractivity (Wildman–Crippen MR) is 51.2 cm³/mol. The summed E-state index contributed by atoms with van der Waals surface area (Å²) in [5.41, 5.74) is 1.07. The summed E-state index contributed by atoms with van der Waals surface area (Å²) in [5, 5.41) is 0. The molecule has 1 saturated carbocycles. The maximum atomic E-state index is 4.31. The molecule has 1 aromatic heterocycles. The van der Waals surface area contributed by atoms with Crippen molar-refractivity contribution in [2.45, 2.75) is 31.8 Å². The van der Waals surface area contributed by atoms with Gasteiger partial charge in [-0.2, -0.15) is 0 Å². The van der Waals surface area contributed by atoms with Crippen LogP contribution in [0.2, 0.25) is 0 Å². The van der Waals surface area contributed by atoms with E-state index in [4.69, 9.17) is 0 Å². The van der Waals surface area contributed by atoms with Crippen LogP contribution in [0.3, 0.4) is 0 Å². The largest absolute Gasteiger partial charge is 0.295 e. The molecule has 1 atom stereocenters. The molecule has 1 aromatic rings. The second kappa shape index (κ2) is 3.42. The lowest BCUT2D eigenvalue weighted by molar-refractivity contribution is 0.246. The van der Waals surface area contributed by atoms with Crippen LogP contribution >= 0.6 is 0 Å². The van der Waals surface area contributed by atoms with Gasteiger partial charge in [0.15, 0.2) is 0 Å². The lowest BCUT2D eigenvalue weighted by Crippen LogP contribution is -2.25. The van der Waals surface area contributed by atoms with Crippen LogP contribution in [0.15, 0.2) is 18.6 Å². The van der Waals surface area contributed by atoms with Gasteiger partial charge in [0.05, 0.1) is 11.7 Å². The highest BCUT2D eigenvalue weighted by molar-refractivity contribution is 5.03. The van der Waals surface area contributed by atoms with Gasteiger partial charge in [-0.1, -0.05) is 0 Å². The van der Waals surface area contributed by atoms with Gasteiger partial charge in [0.1, 0.15) is 0 Å². The van der Waals surface area contributed by atoms with Gasteiger partial charge in [0.2, 0.25) is 0 Å². The standard InChI is InChI=1S/C10H15N3/c1-8(13(2)9-3-4-9)10-7-11-5-6-12-10/h5-9H,3-4H2,1-2H3. The monoisotopic (exact) mass is 177 g/mol. The van der Waals surface area contributed by atoms with Crippen LogP contribution in [-0.2, 0) is 0 Å². The van der Waals surface area contributed by atoms with Gasteiger partial charge in [-0.3, -0.25) is 14.9 Å². The number of rotatable bonds is 3. The third-order valence-corrected chi connectivity index (χ3v) is 2.74. The van der Waals surface area contributed by atoms with Crippen molar-refractivity contribution in [3.05, 3.63) is 24.3 Å². The van der Waals surface area contributed by atoms with E-state index in [0.29, 0.717) is 6.04 Å². The van der Waals surface area contributed by atoms with Crippen molar-refractivity contribution in [3.8, 4) is 0 Å². The van der Waals surface area contributed by atoms with Crippen LogP contribution in [0.1, 0.15) is 31.5 Å². The molecule has 0 aliphatic heterocycles. The van der Waals surface area contributed by atoms with Gasteiger partial charge in [-0.15, -0.1) is 0 Å². The van der Waals surface area contributed by atoms with E-state index in [1.54, 1.807) is 12.4 Å². The fourth-order valence-corrected chi connectivity index (χ4v) is 1.53. The molecule has 2 rings (SSSR count). The van der Waals surface area contributed by atoms with E-state index in [0.717, 1.165) is 11.7 Å². The normalized spacial score (nSPS) is 19.0. The number of aromatic nitrogens is 2. The molecule has 3 heteroatoms. The van der Waals surface area contributed by atoms with Crippen molar-refractivity contribution in [2.24, 2.45) is 0 Å². The Morgan fingerprint density at radius 2 is 2.23 bits per heavy atom. The first kappa shape index (κ1) is 8.63. The average Bonchev–Trinajstić information content (AvgIpc) is 3.00. The van der Waals surface area contributed by atoms with Crippen LogP contribution in [-0.4, -0.2) is 28.0 Å². The fraction of sp³-hybridized carbons (Fsp3) is 0.600. The van der Waals surface area contributed by atoms with E-state index >= 15 is 0 Å². The molecule has 0 amide bonds. The molecule has 3 nitrogen and oxygen atoms in total. The number of hydrogen-bond donors (Lipinski definition) is 0. The van der Waals surface area contributed by atoms with Gasteiger partial charge < -0.3 is 0 Å². The Bertz CT molecular complexity index is 269. The first-order valence-electron chi connectivity index (χ1n) is 4.77. The summed E-state index contributed by atoms with van der Waals surface area (Å²) < 4.78 is 0. The van der Waals surface area contributed by atoms with Gasteiger partial charge >= 0.3 is 0 Å². The van der Waals surface area contributed by atoms with Crippen LogP contribution in [0.25, 0.3) is 0 Å². The molecule has 0 spiro atoms. The molecule has 1 heterocycles. The van der Waals surface area contributed by atoms with E-state index < -0.39 is 0 Å².